The topological polar surface area (TPSA) is 141 Å². The molecule has 11 heteroatoms. The molecule has 1 aromatic heterocycles. The van der Waals surface area contributed by atoms with Crippen LogP contribution in [0.15, 0.2) is 41.0 Å². The molecule has 0 saturated carbocycles. The first-order valence-corrected chi connectivity index (χ1v) is 7.58. The van der Waals surface area contributed by atoms with E-state index in [0.29, 0.717) is 0 Å². The van der Waals surface area contributed by atoms with E-state index in [1.807, 2.05) is 0 Å². The Morgan fingerprint density at radius 3 is 2.70 bits per heavy atom. The number of amides is 2. The molecule has 2 amide bonds. The Hall–Kier alpha value is -3.76. The molecule has 0 bridgehead atoms. The lowest BCUT2D eigenvalue weighted by molar-refractivity contribution is -0.384. The van der Waals surface area contributed by atoms with E-state index in [2.05, 4.69) is 15.4 Å². The average molecular weight is 379 g/mol. The number of halogens is 1. The van der Waals surface area contributed by atoms with Crippen molar-refractivity contribution in [2.45, 2.75) is 6.42 Å². The monoisotopic (exact) mass is 379 g/mol. The summed E-state index contributed by atoms with van der Waals surface area (Å²) in [6, 6.07) is 5.61. The molecule has 10 nitrogen and oxygen atoms in total. The molecule has 0 aliphatic heterocycles. The number of hydrogen-bond acceptors (Lipinski definition) is 7. The van der Waals surface area contributed by atoms with Crippen molar-refractivity contribution in [1.29, 1.82) is 0 Å². The van der Waals surface area contributed by atoms with Gasteiger partial charge in [-0.05, 0) is 18.2 Å². The summed E-state index contributed by atoms with van der Waals surface area (Å²) in [7, 11) is 0. The van der Waals surface area contributed by atoms with Crippen LogP contribution in [0.1, 0.15) is 17.0 Å². The molecule has 0 spiro atoms. The Morgan fingerprint density at radius 1 is 1.26 bits per heavy atom. The summed E-state index contributed by atoms with van der Waals surface area (Å²) in [5, 5.41) is 15.2. The number of benzene rings is 1. The second kappa shape index (κ2) is 9.08. The van der Waals surface area contributed by atoms with Crippen LogP contribution in [-0.2, 0) is 14.3 Å². The Bertz CT molecular complexity index is 852. The summed E-state index contributed by atoms with van der Waals surface area (Å²) in [6.07, 6.45) is 1.12. The van der Waals surface area contributed by atoms with Gasteiger partial charge >= 0.3 is 5.97 Å². The molecular weight excluding hydrogens is 365 g/mol. The number of ether oxygens (including phenoxy) is 1. The van der Waals surface area contributed by atoms with Gasteiger partial charge in [0.25, 0.3) is 17.5 Å². The number of carbonyl (C=O) groups is 3. The van der Waals surface area contributed by atoms with Gasteiger partial charge in [0, 0.05) is 18.7 Å². The minimum Gasteiger partial charge on any atom is -0.459 e. The average Bonchev–Trinajstić information content (AvgIpc) is 3.16. The van der Waals surface area contributed by atoms with Gasteiger partial charge in [0.05, 0.1) is 23.3 Å². The van der Waals surface area contributed by atoms with E-state index in [0.717, 1.165) is 18.2 Å². The van der Waals surface area contributed by atoms with Gasteiger partial charge in [-0.1, -0.05) is 0 Å². The summed E-state index contributed by atoms with van der Waals surface area (Å²) < 4.78 is 23.1. The molecule has 2 aromatic rings. The minimum absolute atomic E-state index is 0.0422. The van der Waals surface area contributed by atoms with Crippen LogP contribution in [0, 0.1) is 15.9 Å². The number of carbonyl (C=O) groups excluding carboxylic acids is 3. The molecule has 2 N–H and O–H groups in total. The highest BCUT2D eigenvalue weighted by Crippen LogP contribution is 2.21. The van der Waals surface area contributed by atoms with E-state index in [9.17, 15) is 28.9 Å². The van der Waals surface area contributed by atoms with Gasteiger partial charge in [0.15, 0.2) is 12.4 Å². The maximum Gasteiger partial charge on any atom is 0.308 e. The van der Waals surface area contributed by atoms with Crippen LogP contribution in [0.3, 0.4) is 0 Å². The van der Waals surface area contributed by atoms with E-state index < -0.39 is 46.5 Å². The first kappa shape index (κ1) is 19.6. The van der Waals surface area contributed by atoms with Gasteiger partial charge in [0.2, 0.25) is 0 Å². The highest BCUT2D eigenvalue weighted by molar-refractivity contribution is 5.93. The Morgan fingerprint density at radius 2 is 2.04 bits per heavy atom. The summed E-state index contributed by atoms with van der Waals surface area (Å²) >= 11 is 0. The Kier molecular flexibility index (Phi) is 6.58. The van der Waals surface area contributed by atoms with Crippen molar-refractivity contribution in [2.24, 2.45) is 0 Å². The fraction of sp³-hybridized carbons (Fsp3) is 0.188. The van der Waals surface area contributed by atoms with Gasteiger partial charge in [-0.3, -0.25) is 24.5 Å². The number of esters is 1. The van der Waals surface area contributed by atoms with E-state index in [4.69, 9.17) is 4.42 Å². The third-order valence-electron chi connectivity index (χ3n) is 3.16. The van der Waals surface area contributed by atoms with Crippen molar-refractivity contribution in [1.82, 2.24) is 5.32 Å². The molecular formula is C16H14FN3O7. The molecule has 0 radical (unpaired) electrons. The third-order valence-corrected chi connectivity index (χ3v) is 3.16. The lowest BCUT2D eigenvalue weighted by Gasteiger charge is -2.08. The Labute approximate surface area is 151 Å². The van der Waals surface area contributed by atoms with Gasteiger partial charge < -0.3 is 19.8 Å². The van der Waals surface area contributed by atoms with E-state index in [-0.39, 0.29) is 18.7 Å². The predicted octanol–water partition coefficient (Wildman–Crippen LogP) is 1.63. The van der Waals surface area contributed by atoms with E-state index in [1.165, 1.54) is 18.4 Å². The van der Waals surface area contributed by atoms with Crippen LogP contribution in [0.25, 0.3) is 0 Å². The maximum absolute atomic E-state index is 13.6. The maximum atomic E-state index is 13.6. The van der Waals surface area contributed by atoms with E-state index >= 15 is 0 Å². The van der Waals surface area contributed by atoms with Crippen LogP contribution < -0.4 is 10.6 Å². The lowest BCUT2D eigenvalue weighted by Crippen LogP contribution is -2.27. The smallest absolute Gasteiger partial charge is 0.308 e. The Balaban J connectivity index is 1.73. The standard InChI is InChI=1S/C16H14FN3O7/c17-11-4-3-10(20(24)25)8-12(11)19-14(21)9-27-15(22)5-6-18-16(23)13-2-1-7-26-13/h1-4,7-8H,5-6,9H2,(H,18,23)(H,19,21). The largest absolute Gasteiger partial charge is 0.459 e. The third kappa shape index (κ3) is 5.92. The molecule has 0 fully saturated rings. The first-order chi connectivity index (χ1) is 12.9. The summed E-state index contributed by atoms with van der Waals surface area (Å²) in [6.45, 7) is -0.757. The zero-order valence-electron chi connectivity index (χ0n) is 13.8. The van der Waals surface area contributed by atoms with Crippen molar-refractivity contribution in [2.75, 3.05) is 18.5 Å². The quantitative estimate of drug-likeness (QED) is 0.403. The number of nitrogens with zero attached hydrogens (tertiary/aromatic N) is 1. The zero-order valence-corrected chi connectivity index (χ0v) is 13.8. The van der Waals surface area contributed by atoms with Gasteiger partial charge in [0.1, 0.15) is 5.82 Å². The molecule has 2 rings (SSSR count). The fourth-order valence-electron chi connectivity index (χ4n) is 1.90. The normalized spacial score (nSPS) is 10.1. The van der Waals surface area contributed by atoms with Gasteiger partial charge in [-0.2, -0.15) is 0 Å². The fourth-order valence-corrected chi connectivity index (χ4v) is 1.90. The minimum atomic E-state index is -0.874. The molecule has 0 aliphatic rings. The van der Waals surface area contributed by atoms with E-state index in [1.54, 1.807) is 0 Å². The van der Waals surface area contributed by atoms with Crippen molar-refractivity contribution < 1.29 is 32.9 Å². The van der Waals surface area contributed by atoms with Crippen LogP contribution in [0.4, 0.5) is 15.8 Å². The van der Waals surface area contributed by atoms with Gasteiger partial charge in [-0.15, -0.1) is 0 Å². The van der Waals surface area contributed by atoms with Crippen LogP contribution in [-0.4, -0.2) is 35.9 Å². The number of furan rings is 1. The number of nitro benzene ring substituents is 1. The summed E-state index contributed by atoms with van der Waals surface area (Å²) in [4.78, 5) is 44.7. The molecule has 1 aromatic carbocycles. The second-order valence-corrected chi connectivity index (χ2v) is 5.11. The molecule has 0 aliphatic carbocycles. The van der Waals surface area contributed by atoms with Crippen molar-refractivity contribution in [3.8, 4) is 0 Å². The number of nitro groups is 1. The van der Waals surface area contributed by atoms with Crippen LogP contribution >= 0.6 is 0 Å². The van der Waals surface area contributed by atoms with Crippen molar-refractivity contribution in [3.63, 3.8) is 0 Å². The second-order valence-electron chi connectivity index (χ2n) is 5.11. The number of non-ortho nitro benzene ring substituents is 1. The van der Waals surface area contributed by atoms with Crippen LogP contribution in [0.2, 0.25) is 0 Å². The predicted molar refractivity (Wildman–Crippen MR) is 88.3 cm³/mol. The summed E-state index contributed by atoms with van der Waals surface area (Å²) in [5.41, 5.74) is -0.813. The molecule has 27 heavy (non-hydrogen) atoms. The SMILES string of the molecule is O=C(COC(=O)CCNC(=O)c1ccco1)Nc1cc([N+](=O)[O-])ccc1F. The lowest BCUT2D eigenvalue weighted by atomic mass is 10.2. The molecule has 1 heterocycles. The molecule has 0 unspecified atom stereocenters. The number of hydrogen-bond donors (Lipinski definition) is 2. The molecule has 0 saturated heterocycles. The number of anilines is 1. The van der Waals surface area contributed by atoms with Crippen molar-refractivity contribution in [3.05, 3.63) is 58.3 Å². The number of nitrogens with one attached hydrogen (secondary N) is 2. The van der Waals surface area contributed by atoms with Crippen molar-refractivity contribution >= 4 is 29.2 Å². The highest BCUT2D eigenvalue weighted by Gasteiger charge is 2.15. The van der Waals surface area contributed by atoms with Gasteiger partial charge in [-0.25, -0.2) is 4.39 Å². The first-order valence-electron chi connectivity index (χ1n) is 7.58. The highest BCUT2D eigenvalue weighted by atomic mass is 19.1. The van der Waals surface area contributed by atoms with Crippen LogP contribution in [0.5, 0.6) is 0 Å². The molecule has 142 valence electrons. The number of rotatable bonds is 8. The zero-order chi connectivity index (χ0) is 19.8. The molecule has 0 atom stereocenters. The summed E-state index contributed by atoms with van der Waals surface area (Å²) in [5.74, 6) is -2.94.